The van der Waals surface area contributed by atoms with E-state index in [1.54, 1.807) is 0 Å². The molecule has 0 unspecified atom stereocenters. The normalized spacial score (nSPS) is 22.9. The lowest BCUT2D eigenvalue weighted by Crippen LogP contribution is -2.43. The van der Waals surface area contributed by atoms with Crippen LogP contribution in [0.15, 0.2) is 24.3 Å². The Morgan fingerprint density at radius 1 is 1.30 bits per heavy atom. The summed E-state index contributed by atoms with van der Waals surface area (Å²) in [5, 5.41) is 3.39. The lowest BCUT2D eigenvalue weighted by Gasteiger charge is -2.30. The highest BCUT2D eigenvalue weighted by Crippen LogP contribution is 2.24. The molecule has 3 heteroatoms. The van der Waals surface area contributed by atoms with Gasteiger partial charge in [0.2, 0.25) is 5.91 Å². The molecule has 0 spiro atoms. The largest absolute Gasteiger partial charge is 0.315 e. The van der Waals surface area contributed by atoms with Crippen LogP contribution in [-0.4, -0.2) is 25.5 Å². The third-order valence-corrected chi connectivity index (χ3v) is 4.25. The molecule has 1 aliphatic heterocycles. The SMILES string of the molecule is CC(C)c1ccc(N(C)C(=O)[C@H]2CCN[C@@H](C)C2)cc1. The van der Waals surface area contributed by atoms with Gasteiger partial charge < -0.3 is 10.2 Å². The van der Waals surface area contributed by atoms with Crippen LogP contribution in [0.4, 0.5) is 5.69 Å². The first-order chi connectivity index (χ1) is 9.49. The Hall–Kier alpha value is -1.35. The minimum Gasteiger partial charge on any atom is -0.315 e. The molecule has 1 fully saturated rings. The molecule has 0 bridgehead atoms. The van der Waals surface area contributed by atoms with E-state index >= 15 is 0 Å². The molecule has 0 saturated carbocycles. The molecule has 0 radical (unpaired) electrons. The number of nitrogens with zero attached hydrogens (tertiary/aromatic N) is 1. The molecule has 110 valence electrons. The van der Waals surface area contributed by atoms with Gasteiger partial charge in [-0.05, 0) is 49.9 Å². The Bertz CT molecular complexity index is 453. The van der Waals surface area contributed by atoms with Gasteiger partial charge in [-0.3, -0.25) is 4.79 Å². The van der Waals surface area contributed by atoms with E-state index in [9.17, 15) is 4.79 Å². The van der Waals surface area contributed by atoms with E-state index < -0.39 is 0 Å². The summed E-state index contributed by atoms with van der Waals surface area (Å²) in [5.41, 5.74) is 2.30. The summed E-state index contributed by atoms with van der Waals surface area (Å²) in [7, 11) is 1.89. The van der Waals surface area contributed by atoms with Crippen LogP contribution in [0.3, 0.4) is 0 Å². The molecule has 1 heterocycles. The van der Waals surface area contributed by atoms with E-state index in [1.165, 1.54) is 5.56 Å². The van der Waals surface area contributed by atoms with Gasteiger partial charge in [0.25, 0.3) is 0 Å². The number of carbonyl (C=O) groups is 1. The number of anilines is 1. The van der Waals surface area contributed by atoms with E-state index in [1.807, 2.05) is 11.9 Å². The van der Waals surface area contributed by atoms with Crippen LogP contribution >= 0.6 is 0 Å². The van der Waals surface area contributed by atoms with E-state index in [4.69, 9.17) is 0 Å². The van der Waals surface area contributed by atoms with Crippen molar-refractivity contribution in [2.24, 2.45) is 5.92 Å². The predicted octanol–water partition coefficient (Wildman–Crippen LogP) is 3.16. The molecule has 0 aliphatic carbocycles. The van der Waals surface area contributed by atoms with Crippen molar-refractivity contribution in [3.63, 3.8) is 0 Å². The lowest BCUT2D eigenvalue weighted by atomic mass is 9.92. The predicted molar refractivity (Wildman–Crippen MR) is 84.1 cm³/mol. The number of piperidine rings is 1. The van der Waals surface area contributed by atoms with Crippen molar-refractivity contribution >= 4 is 11.6 Å². The van der Waals surface area contributed by atoms with Crippen molar-refractivity contribution in [2.75, 3.05) is 18.5 Å². The highest BCUT2D eigenvalue weighted by Gasteiger charge is 2.27. The molecule has 1 aromatic carbocycles. The maximum absolute atomic E-state index is 12.6. The van der Waals surface area contributed by atoms with Crippen molar-refractivity contribution in [2.45, 2.75) is 45.6 Å². The number of nitrogens with one attached hydrogen (secondary N) is 1. The zero-order chi connectivity index (χ0) is 14.7. The molecule has 2 atom stereocenters. The fourth-order valence-electron chi connectivity index (χ4n) is 2.84. The number of hydrogen-bond donors (Lipinski definition) is 1. The Kier molecular flexibility index (Phi) is 4.81. The molecule has 1 amide bonds. The minimum absolute atomic E-state index is 0.154. The van der Waals surface area contributed by atoms with Crippen LogP contribution in [0.2, 0.25) is 0 Å². The van der Waals surface area contributed by atoms with E-state index in [2.05, 4.69) is 50.4 Å². The lowest BCUT2D eigenvalue weighted by molar-refractivity contribution is -0.123. The molecular weight excluding hydrogens is 248 g/mol. The zero-order valence-corrected chi connectivity index (χ0v) is 13.0. The average Bonchev–Trinajstić information content (AvgIpc) is 2.46. The van der Waals surface area contributed by atoms with E-state index in [0.717, 1.165) is 25.1 Å². The van der Waals surface area contributed by atoms with Crippen LogP contribution in [0.1, 0.15) is 45.1 Å². The minimum atomic E-state index is 0.154. The van der Waals surface area contributed by atoms with Gasteiger partial charge in [-0.25, -0.2) is 0 Å². The van der Waals surface area contributed by atoms with Crippen LogP contribution in [0, 0.1) is 5.92 Å². The zero-order valence-electron chi connectivity index (χ0n) is 13.0. The van der Waals surface area contributed by atoms with Crippen molar-refractivity contribution in [1.29, 1.82) is 0 Å². The average molecular weight is 274 g/mol. The second kappa shape index (κ2) is 6.40. The number of amides is 1. The number of hydrogen-bond acceptors (Lipinski definition) is 2. The molecule has 0 aromatic heterocycles. The monoisotopic (exact) mass is 274 g/mol. The first-order valence-electron chi connectivity index (χ1n) is 7.60. The van der Waals surface area contributed by atoms with E-state index in [-0.39, 0.29) is 11.8 Å². The van der Waals surface area contributed by atoms with Crippen LogP contribution in [0.25, 0.3) is 0 Å². The van der Waals surface area contributed by atoms with Gasteiger partial charge in [0.05, 0.1) is 0 Å². The number of rotatable bonds is 3. The maximum atomic E-state index is 12.6. The molecule has 1 saturated heterocycles. The summed E-state index contributed by atoms with van der Waals surface area (Å²) in [5.74, 6) is 0.923. The van der Waals surface area contributed by atoms with Gasteiger partial charge in [-0.1, -0.05) is 26.0 Å². The molecule has 2 rings (SSSR count). The Morgan fingerprint density at radius 3 is 2.50 bits per heavy atom. The second-order valence-corrected chi connectivity index (χ2v) is 6.22. The van der Waals surface area contributed by atoms with Crippen molar-refractivity contribution < 1.29 is 4.79 Å². The van der Waals surface area contributed by atoms with Gasteiger partial charge in [0.15, 0.2) is 0 Å². The van der Waals surface area contributed by atoms with Crippen LogP contribution in [-0.2, 0) is 4.79 Å². The fourth-order valence-corrected chi connectivity index (χ4v) is 2.84. The van der Waals surface area contributed by atoms with E-state index in [0.29, 0.717) is 12.0 Å². The Balaban J connectivity index is 2.06. The number of carbonyl (C=O) groups excluding carboxylic acids is 1. The summed E-state index contributed by atoms with van der Waals surface area (Å²) >= 11 is 0. The Morgan fingerprint density at radius 2 is 1.95 bits per heavy atom. The highest BCUT2D eigenvalue weighted by atomic mass is 16.2. The van der Waals surface area contributed by atoms with Crippen LogP contribution in [0.5, 0.6) is 0 Å². The quantitative estimate of drug-likeness (QED) is 0.918. The highest BCUT2D eigenvalue weighted by molar-refractivity contribution is 5.94. The van der Waals surface area contributed by atoms with Crippen molar-refractivity contribution in [3.05, 3.63) is 29.8 Å². The second-order valence-electron chi connectivity index (χ2n) is 6.22. The smallest absolute Gasteiger partial charge is 0.229 e. The van der Waals surface area contributed by atoms with Gasteiger partial charge in [-0.15, -0.1) is 0 Å². The molecule has 1 aromatic rings. The molecule has 1 aliphatic rings. The first-order valence-corrected chi connectivity index (χ1v) is 7.60. The summed E-state index contributed by atoms with van der Waals surface area (Å²) in [6, 6.07) is 8.79. The van der Waals surface area contributed by atoms with Crippen molar-refractivity contribution in [1.82, 2.24) is 5.32 Å². The standard InChI is InChI=1S/C17H26N2O/c1-12(2)14-5-7-16(8-6-14)19(4)17(20)15-9-10-18-13(3)11-15/h5-8,12-13,15,18H,9-11H2,1-4H3/t13-,15-/m0/s1. The summed E-state index contributed by atoms with van der Waals surface area (Å²) < 4.78 is 0. The molecule has 20 heavy (non-hydrogen) atoms. The van der Waals surface area contributed by atoms with Gasteiger partial charge >= 0.3 is 0 Å². The molecular formula is C17H26N2O. The molecule has 1 N–H and O–H groups in total. The van der Waals surface area contributed by atoms with Gasteiger partial charge in [-0.2, -0.15) is 0 Å². The maximum Gasteiger partial charge on any atom is 0.229 e. The van der Waals surface area contributed by atoms with Gasteiger partial charge in [0.1, 0.15) is 0 Å². The summed E-state index contributed by atoms with van der Waals surface area (Å²) in [4.78, 5) is 14.4. The first kappa shape index (κ1) is 15.0. The van der Waals surface area contributed by atoms with Crippen molar-refractivity contribution in [3.8, 4) is 0 Å². The third-order valence-electron chi connectivity index (χ3n) is 4.25. The van der Waals surface area contributed by atoms with Crippen LogP contribution < -0.4 is 10.2 Å². The summed E-state index contributed by atoms with van der Waals surface area (Å²) in [6.07, 6.45) is 1.88. The molecule has 3 nitrogen and oxygen atoms in total. The third kappa shape index (κ3) is 3.40. The van der Waals surface area contributed by atoms with Gasteiger partial charge in [0, 0.05) is 24.7 Å². The Labute approximate surface area is 122 Å². The fraction of sp³-hybridized carbons (Fsp3) is 0.588. The number of benzene rings is 1. The topological polar surface area (TPSA) is 32.3 Å². The summed E-state index contributed by atoms with van der Waals surface area (Å²) in [6.45, 7) is 7.45.